The quantitative estimate of drug-likeness (QED) is 0.514. The lowest BCUT2D eigenvalue weighted by molar-refractivity contribution is 0.494. The standard InChI is InChI=1S/C17H27BrFN/c1-3-4-5-6-7-8-9-10-17(20-2)14-11-12-16(19)15(18)13-14/h11-13,17,20H,3-10H2,1-2H3. The molecule has 1 rings (SSSR count). The van der Waals surface area contributed by atoms with Crippen LogP contribution in [0.15, 0.2) is 22.7 Å². The first-order valence-electron chi connectivity index (χ1n) is 7.81. The zero-order valence-corrected chi connectivity index (χ0v) is 14.3. The molecule has 0 radical (unpaired) electrons. The van der Waals surface area contributed by atoms with Crippen molar-refractivity contribution in [3.8, 4) is 0 Å². The van der Waals surface area contributed by atoms with Gasteiger partial charge in [0.05, 0.1) is 4.47 Å². The van der Waals surface area contributed by atoms with Crippen LogP contribution in [0.25, 0.3) is 0 Å². The van der Waals surface area contributed by atoms with Gasteiger partial charge in [0.15, 0.2) is 0 Å². The predicted molar refractivity (Wildman–Crippen MR) is 88.5 cm³/mol. The molecule has 0 aromatic heterocycles. The van der Waals surface area contributed by atoms with Gasteiger partial charge in [0.25, 0.3) is 0 Å². The molecule has 1 nitrogen and oxygen atoms in total. The van der Waals surface area contributed by atoms with Crippen molar-refractivity contribution >= 4 is 15.9 Å². The lowest BCUT2D eigenvalue weighted by Crippen LogP contribution is -2.16. The van der Waals surface area contributed by atoms with Crippen LogP contribution < -0.4 is 5.32 Å². The highest BCUT2D eigenvalue weighted by Crippen LogP contribution is 2.24. The largest absolute Gasteiger partial charge is 0.313 e. The number of unbranched alkanes of at least 4 members (excludes halogenated alkanes) is 6. The van der Waals surface area contributed by atoms with Crippen LogP contribution in [0.3, 0.4) is 0 Å². The maximum absolute atomic E-state index is 13.3. The summed E-state index contributed by atoms with van der Waals surface area (Å²) >= 11 is 3.26. The minimum absolute atomic E-state index is 0.195. The Morgan fingerprint density at radius 3 is 2.35 bits per heavy atom. The van der Waals surface area contributed by atoms with Crippen molar-refractivity contribution in [1.29, 1.82) is 0 Å². The molecule has 1 atom stereocenters. The van der Waals surface area contributed by atoms with Crippen LogP contribution in [0.4, 0.5) is 4.39 Å². The lowest BCUT2D eigenvalue weighted by Gasteiger charge is -2.17. The molecule has 1 aromatic carbocycles. The first kappa shape index (κ1) is 17.6. The van der Waals surface area contributed by atoms with Gasteiger partial charge in [-0.15, -0.1) is 0 Å². The third-order valence-electron chi connectivity index (χ3n) is 3.79. The van der Waals surface area contributed by atoms with Gasteiger partial charge >= 0.3 is 0 Å². The van der Waals surface area contributed by atoms with E-state index in [4.69, 9.17) is 0 Å². The fourth-order valence-corrected chi connectivity index (χ4v) is 2.91. The van der Waals surface area contributed by atoms with E-state index in [-0.39, 0.29) is 5.82 Å². The normalized spacial score (nSPS) is 12.6. The van der Waals surface area contributed by atoms with E-state index in [0.717, 1.165) is 12.0 Å². The number of hydrogen-bond donors (Lipinski definition) is 1. The van der Waals surface area contributed by atoms with Crippen molar-refractivity contribution in [3.63, 3.8) is 0 Å². The van der Waals surface area contributed by atoms with Crippen LogP contribution >= 0.6 is 15.9 Å². The highest BCUT2D eigenvalue weighted by molar-refractivity contribution is 9.10. The van der Waals surface area contributed by atoms with Gasteiger partial charge in [-0.2, -0.15) is 0 Å². The number of nitrogens with one attached hydrogen (secondary N) is 1. The average molecular weight is 344 g/mol. The molecule has 0 bridgehead atoms. The van der Waals surface area contributed by atoms with Crippen LogP contribution in [0.5, 0.6) is 0 Å². The summed E-state index contributed by atoms with van der Waals surface area (Å²) in [7, 11) is 1.98. The zero-order valence-electron chi connectivity index (χ0n) is 12.7. The fourth-order valence-electron chi connectivity index (χ4n) is 2.51. The number of halogens is 2. The summed E-state index contributed by atoms with van der Waals surface area (Å²) in [5.41, 5.74) is 1.16. The molecular weight excluding hydrogens is 317 g/mol. The maximum Gasteiger partial charge on any atom is 0.137 e. The van der Waals surface area contributed by atoms with E-state index in [1.807, 2.05) is 19.2 Å². The monoisotopic (exact) mass is 343 g/mol. The van der Waals surface area contributed by atoms with Crippen LogP contribution in [-0.2, 0) is 0 Å². The van der Waals surface area contributed by atoms with Crippen molar-refractivity contribution in [3.05, 3.63) is 34.1 Å². The van der Waals surface area contributed by atoms with E-state index in [9.17, 15) is 4.39 Å². The second-order valence-electron chi connectivity index (χ2n) is 5.42. The number of rotatable bonds is 10. The van der Waals surface area contributed by atoms with E-state index in [1.165, 1.54) is 51.0 Å². The molecule has 1 aromatic rings. The first-order valence-corrected chi connectivity index (χ1v) is 8.60. The molecule has 114 valence electrons. The Bertz CT molecular complexity index is 381. The van der Waals surface area contributed by atoms with Gasteiger partial charge in [0.1, 0.15) is 5.82 Å². The summed E-state index contributed by atoms with van der Waals surface area (Å²) < 4.78 is 13.8. The van der Waals surface area contributed by atoms with E-state index in [0.29, 0.717) is 10.5 Å². The summed E-state index contributed by atoms with van der Waals surface area (Å²) in [5, 5.41) is 3.33. The topological polar surface area (TPSA) is 12.0 Å². The maximum atomic E-state index is 13.3. The molecule has 0 heterocycles. The van der Waals surface area contributed by atoms with Gasteiger partial charge in [-0.3, -0.25) is 0 Å². The van der Waals surface area contributed by atoms with Crippen molar-refractivity contribution in [2.75, 3.05) is 7.05 Å². The molecule has 0 saturated heterocycles. The van der Waals surface area contributed by atoms with Crippen molar-refractivity contribution in [1.82, 2.24) is 5.32 Å². The Balaban J connectivity index is 2.30. The molecular formula is C17H27BrFN. The third kappa shape index (κ3) is 6.36. The van der Waals surface area contributed by atoms with Crippen molar-refractivity contribution in [2.45, 2.75) is 64.3 Å². The van der Waals surface area contributed by atoms with Gasteiger partial charge in [0, 0.05) is 6.04 Å². The Kier molecular flexibility index (Phi) is 9.12. The molecule has 0 aliphatic carbocycles. The van der Waals surface area contributed by atoms with Crippen LogP contribution in [0, 0.1) is 5.82 Å². The highest BCUT2D eigenvalue weighted by Gasteiger charge is 2.10. The highest BCUT2D eigenvalue weighted by atomic mass is 79.9. The van der Waals surface area contributed by atoms with Crippen LogP contribution in [0.2, 0.25) is 0 Å². The Hall–Kier alpha value is -0.410. The first-order chi connectivity index (χ1) is 9.69. The SMILES string of the molecule is CCCCCCCCCC(NC)c1ccc(F)c(Br)c1. The molecule has 0 spiro atoms. The third-order valence-corrected chi connectivity index (χ3v) is 4.40. The molecule has 1 unspecified atom stereocenters. The minimum atomic E-state index is -0.195. The van der Waals surface area contributed by atoms with Gasteiger partial charge in [-0.1, -0.05) is 57.9 Å². The van der Waals surface area contributed by atoms with E-state index >= 15 is 0 Å². The Labute approximate surface area is 131 Å². The van der Waals surface area contributed by atoms with E-state index < -0.39 is 0 Å². The second-order valence-corrected chi connectivity index (χ2v) is 6.28. The van der Waals surface area contributed by atoms with Gasteiger partial charge in [0.2, 0.25) is 0 Å². The molecule has 1 N–H and O–H groups in total. The van der Waals surface area contributed by atoms with Gasteiger partial charge in [-0.25, -0.2) is 4.39 Å². The second kappa shape index (κ2) is 10.3. The molecule has 0 amide bonds. The fraction of sp³-hybridized carbons (Fsp3) is 0.647. The van der Waals surface area contributed by atoms with Crippen molar-refractivity contribution < 1.29 is 4.39 Å². The summed E-state index contributed by atoms with van der Waals surface area (Å²) in [4.78, 5) is 0. The predicted octanol–water partition coefficient (Wildman–Crippen LogP) is 5.99. The van der Waals surface area contributed by atoms with Crippen LogP contribution in [-0.4, -0.2) is 7.05 Å². The Morgan fingerprint density at radius 1 is 1.10 bits per heavy atom. The molecule has 3 heteroatoms. The van der Waals surface area contributed by atoms with Crippen molar-refractivity contribution in [2.24, 2.45) is 0 Å². The van der Waals surface area contributed by atoms with E-state index in [1.54, 1.807) is 0 Å². The molecule has 0 aliphatic rings. The van der Waals surface area contributed by atoms with E-state index in [2.05, 4.69) is 28.2 Å². The number of hydrogen-bond acceptors (Lipinski definition) is 1. The zero-order chi connectivity index (χ0) is 14.8. The number of benzene rings is 1. The molecule has 0 fully saturated rings. The summed E-state index contributed by atoms with van der Waals surface area (Å²) in [6.45, 7) is 2.25. The summed E-state index contributed by atoms with van der Waals surface area (Å²) in [5.74, 6) is -0.195. The summed E-state index contributed by atoms with van der Waals surface area (Å²) in [6, 6.07) is 5.62. The summed E-state index contributed by atoms with van der Waals surface area (Å²) in [6.07, 6.45) is 10.4. The van der Waals surface area contributed by atoms with Gasteiger partial charge in [-0.05, 0) is 47.1 Å². The van der Waals surface area contributed by atoms with Gasteiger partial charge < -0.3 is 5.32 Å². The lowest BCUT2D eigenvalue weighted by atomic mass is 9.99. The smallest absolute Gasteiger partial charge is 0.137 e. The molecule has 20 heavy (non-hydrogen) atoms. The molecule has 0 saturated carbocycles. The minimum Gasteiger partial charge on any atom is -0.313 e. The average Bonchev–Trinajstić information content (AvgIpc) is 2.45. The molecule has 0 aliphatic heterocycles. The van der Waals surface area contributed by atoms with Crippen LogP contribution in [0.1, 0.15) is 69.9 Å². The Morgan fingerprint density at radius 2 is 1.75 bits per heavy atom.